The van der Waals surface area contributed by atoms with Gasteiger partial charge >= 0.3 is 11.9 Å². The summed E-state index contributed by atoms with van der Waals surface area (Å²) >= 11 is 0. The fourth-order valence-corrected chi connectivity index (χ4v) is 4.13. The molecule has 7 nitrogen and oxygen atoms in total. The molecule has 1 heterocycles. The number of nitrogens with zero attached hydrogens (tertiary/aromatic N) is 1. The Kier molecular flexibility index (Phi) is 5.67. The van der Waals surface area contributed by atoms with Crippen molar-refractivity contribution in [2.45, 2.75) is 51.9 Å². The Labute approximate surface area is 171 Å². The summed E-state index contributed by atoms with van der Waals surface area (Å²) < 4.78 is 9.78. The molecule has 0 radical (unpaired) electrons. The predicted octanol–water partition coefficient (Wildman–Crippen LogP) is 2.60. The molecular formula is C22H29NO6. The number of imide groups is 1. The number of carbonyl (C=O) groups excluding carboxylic acids is 4. The molecule has 29 heavy (non-hydrogen) atoms. The van der Waals surface area contributed by atoms with E-state index in [4.69, 9.17) is 9.47 Å². The highest BCUT2D eigenvalue weighted by Gasteiger charge is 2.51. The van der Waals surface area contributed by atoms with Crippen molar-refractivity contribution in [1.29, 1.82) is 0 Å². The van der Waals surface area contributed by atoms with E-state index < -0.39 is 34.1 Å². The smallest absolute Gasteiger partial charge is 0.315 e. The number of esters is 2. The molecule has 1 atom stereocenters. The average Bonchev–Trinajstić information content (AvgIpc) is 2.68. The van der Waals surface area contributed by atoms with Gasteiger partial charge in [0.2, 0.25) is 5.91 Å². The molecule has 0 N–H and O–H groups in total. The van der Waals surface area contributed by atoms with E-state index >= 15 is 0 Å². The van der Waals surface area contributed by atoms with Crippen molar-refractivity contribution in [3.05, 3.63) is 34.9 Å². The molecular weight excluding hydrogens is 374 g/mol. The van der Waals surface area contributed by atoms with Gasteiger partial charge in [0, 0.05) is 12.6 Å². The number of carbonyl (C=O) groups is 4. The maximum atomic E-state index is 13.1. The van der Waals surface area contributed by atoms with Crippen molar-refractivity contribution in [3.8, 4) is 0 Å². The Morgan fingerprint density at radius 2 is 1.59 bits per heavy atom. The number of benzene rings is 1. The van der Waals surface area contributed by atoms with Gasteiger partial charge in [-0.1, -0.05) is 12.1 Å². The van der Waals surface area contributed by atoms with Gasteiger partial charge in [0.05, 0.1) is 30.5 Å². The molecule has 1 aliphatic rings. The first-order chi connectivity index (χ1) is 13.2. The van der Waals surface area contributed by atoms with Crippen molar-refractivity contribution in [2.24, 2.45) is 5.41 Å². The van der Waals surface area contributed by atoms with Crippen LogP contribution in [-0.2, 0) is 34.7 Å². The zero-order valence-corrected chi connectivity index (χ0v) is 18.3. The van der Waals surface area contributed by atoms with Gasteiger partial charge in [-0.3, -0.25) is 24.1 Å². The Morgan fingerprint density at radius 3 is 2.10 bits per heavy atom. The lowest BCUT2D eigenvalue weighted by Crippen LogP contribution is -2.53. The highest BCUT2D eigenvalue weighted by atomic mass is 16.5. The van der Waals surface area contributed by atoms with E-state index in [0.717, 1.165) is 4.90 Å². The van der Waals surface area contributed by atoms with E-state index in [9.17, 15) is 19.2 Å². The lowest BCUT2D eigenvalue weighted by atomic mass is 9.66. The van der Waals surface area contributed by atoms with Crippen LogP contribution in [0.5, 0.6) is 0 Å². The molecule has 2 amide bonds. The van der Waals surface area contributed by atoms with Crippen LogP contribution in [0.25, 0.3) is 0 Å². The van der Waals surface area contributed by atoms with E-state index in [-0.39, 0.29) is 12.3 Å². The van der Waals surface area contributed by atoms with Crippen LogP contribution in [-0.4, -0.2) is 49.9 Å². The lowest BCUT2D eigenvalue weighted by molar-refractivity contribution is -0.153. The molecule has 158 valence electrons. The summed E-state index contributed by atoms with van der Waals surface area (Å²) in [6.07, 6.45) is 0.163. The second kappa shape index (κ2) is 7.28. The largest absolute Gasteiger partial charge is 0.469 e. The van der Waals surface area contributed by atoms with E-state index in [1.54, 1.807) is 52.8 Å². The SMILES string of the molecule is COC(=O)C(C)(C)CC1(C)C(=O)N(C)C(=O)c2cc(C(C)(C)C(=O)OC)ccc21. The van der Waals surface area contributed by atoms with E-state index in [2.05, 4.69) is 0 Å². The van der Waals surface area contributed by atoms with Crippen molar-refractivity contribution >= 4 is 23.8 Å². The number of fused-ring (bicyclic) bond motifs is 1. The molecule has 1 aromatic carbocycles. The van der Waals surface area contributed by atoms with Gasteiger partial charge in [0.15, 0.2) is 0 Å². The molecule has 1 aromatic rings. The molecule has 0 bridgehead atoms. The van der Waals surface area contributed by atoms with Crippen LogP contribution >= 0.6 is 0 Å². The van der Waals surface area contributed by atoms with Crippen molar-refractivity contribution in [3.63, 3.8) is 0 Å². The summed E-state index contributed by atoms with van der Waals surface area (Å²) in [4.78, 5) is 51.5. The Morgan fingerprint density at radius 1 is 1.03 bits per heavy atom. The van der Waals surface area contributed by atoms with E-state index in [1.165, 1.54) is 21.3 Å². The van der Waals surface area contributed by atoms with Crippen LogP contribution < -0.4 is 0 Å². The summed E-state index contributed by atoms with van der Waals surface area (Å²) in [5.41, 5.74) is -1.54. The average molecular weight is 403 g/mol. The van der Waals surface area contributed by atoms with Gasteiger partial charge in [-0.05, 0) is 58.2 Å². The lowest BCUT2D eigenvalue weighted by Gasteiger charge is -2.42. The van der Waals surface area contributed by atoms with Crippen molar-refractivity contribution < 1.29 is 28.7 Å². The summed E-state index contributed by atoms with van der Waals surface area (Å²) in [6.45, 7) is 8.57. The van der Waals surface area contributed by atoms with Crippen LogP contribution in [0.1, 0.15) is 62.5 Å². The number of methoxy groups -OCH3 is 2. The molecule has 7 heteroatoms. The molecule has 0 spiro atoms. The Bertz CT molecular complexity index is 885. The van der Waals surface area contributed by atoms with Crippen LogP contribution in [0.4, 0.5) is 0 Å². The number of ether oxygens (including phenoxy) is 2. The molecule has 1 aliphatic heterocycles. The molecule has 0 aromatic heterocycles. The number of hydrogen-bond acceptors (Lipinski definition) is 6. The molecule has 0 saturated heterocycles. The van der Waals surface area contributed by atoms with Crippen LogP contribution in [0.3, 0.4) is 0 Å². The number of rotatable bonds is 5. The van der Waals surface area contributed by atoms with Crippen LogP contribution in [0.15, 0.2) is 18.2 Å². The molecule has 0 saturated carbocycles. The number of amides is 2. The summed E-state index contributed by atoms with van der Waals surface area (Å²) in [5.74, 6) is -1.69. The van der Waals surface area contributed by atoms with Crippen molar-refractivity contribution in [2.75, 3.05) is 21.3 Å². The minimum atomic E-state index is -1.11. The first-order valence-corrected chi connectivity index (χ1v) is 9.38. The van der Waals surface area contributed by atoms with Crippen LogP contribution in [0, 0.1) is 5.41 Å². The van der Waals surface area contributed by atoms with Gasteiger partial charge in [-0.2, -0.15) is 0 Å². The van der Waals surface area contributed by atoms with Crippen molar-refractivity contribution in [1.82, 2.24) is 4.90 Å². The third-order valence-electron chi connectivity index (χ3n) is 5.88. The second-order valence-corrected chi connectivity index (χ2v) is 8.93. The predicted molar refractivity (Wildman–Crippen MR) is 106 cm³/mol. The van der Waals surface area contributed by atoms with Crippen LogP contribution in [0.2, 0.25) is 0 Å². The maximum Gasteiger partial charge on any atom is 0.315 e. The summed E-state index contributed by atoms with van der Waals surface area (Å²) in [6, 6.07) is 5.07. The minimum absolute atomic E-state index is 0.163. The third kappa shape index (κ3) is 3.54. The van der Waals surface area contributed by atoms with Gasteiger partial charge in [0.25, 0.3) is 5.91 Å². The fraction of sp³-hybridized carbons (Fsp3) is 0.545. The summed E-state index contributed by atoms with van der Waals surface area (Å²) in [5, 5.41) is 0. The zero-order valence-electron chi connectivity index (χ0n) is 18.3. The molecule has 2 rings (SSSR count). The third-order valence-corrected chi connectivity index (χ3v) is 5.88. The zero-order chi connectivity index (χ0) is 22.4. The normalized spacial score (nSPS) is 19.7. The van der Waals surface area contributed by atoms with Gasteiger partial charge < -0.3 is 9.47 Å². The van der Waals surface area contributed by atoms with Gasteiger partial charge in [0.1, 0.15) is 0 Å². The Balaban J connectivity index is 2.67. The second-order valence-electron chi connectivity index (χ2n) is 8.93. The van der Waals surface area contributed by atoms with Gasteiger partial charge in [-0.25, -0.2) is 0 Å². The van der Waals surface area contributed by atoms with E-state index in [1.807, 2.05) is 0 Å². The number of hydrogen-bond donors (Lipinski definition) is 0. The molecule has 0 fully saturated rings. The maximum absolute atomic E-state index is 13.1. The standard InChI is InChI=1S/C22H29NO6/c1-20(2,18(26)28-7)12-22(5)15-10-9-13(21(3,4)19(27)29-8)11-14(15)16(24)23(6)17(22)25/h9-11H,12H2,1-8H3. The highest BCUT2D eigenvalue weighted by molar-refractivity contribution is 6.13. The monoisotopic (exact) mass is 403 g/mol. The Hall–Kier alpha value is -2.70. The quantitative estimate of drug-likeness (QED) is 0.554. The summed E-state index contributed by atoms with van der Waals surface area (Å²) in [7, 11) is 4.04. The fourth-order valence-electron chi connectivity index (χ4n) is 4.13. The van der Waals surface area contributed by atoms with Gasteiger partial charge in [-0.15, -0.1) is 0 Å². The first kappa shape index (κ1) is 22.6. The minimum Gasteiger partial charge on any atom is -0.469 e. The molecule has 1 unspecified atom stereocenters. The highest BCUT2D eigenvalue weighted by Crippen LogP contribution is 2.44. The topological polar surface area (TPSA) is 90.0 Å². The number of likely N-dealkylation sites (N-methyl/N-ethyl adjacent to an activating group) is 1. The molecule has 0 aliphatic carbocycles. The first-order valence-electron chi connectivity index (χ1n) is 9.38. The van der Waals surface area contributed by atoms with E-state index in [0.29, 0.717) is 16.7 Å².